The molecular formula is C9H13NO3S. The highest BCUT2D eigenvalue weighted by molar-refractivity contribution is 8.00. The van der Waals surface area contributed by atoms with E-state index in [-0.39, 0.29) is 0 Å². The summed E-state index contributed by atoms with van der Waals surface area (Å²) in [5.74, 6) is -0.0840. The summed E-state index contributed by atoms with van der Waals surface area (Å²) < 4.78 is 5.08. The van der Waals surface area contributed by atoms with Crippen LogP contribution in [0.15, 0.2) is 21.6 Å². The van der Waals surface area contributed by atoms with E-state index >= 15 is 0 Å². The van der Waals surface area contributed by atoms with Crippen LogP contribution >= 0.6 is 11.8 Å². The van der Waals surface area contributed by atoms with Crippen molar-refractivity contribution in [1.82, 2.24) is 0 Å². The third-order valence-corrected chi connectivity index (χ3v) is 3.18. The molecule has 1 aromatic rings. The van der Waals surface area contributed by atoms with Crippen molar-refractivity contribution in [2.75, 3.05) is 6.54 Å². The molecule has 0 radical (unpaired) electrons. The van der Waals surface area contributed by atoms with Gasteiger partial charge in [-0.15, -0.1) is 11.8 Å². The standard InChI is InChI=1S/C9H13NO3S/c1-6-7(3-5-13-6)14-8(2-4-10)9(11)12/h3,5,8H,2,4,10H2,1H3,(H,11,12). The first-order chi connectivity index (χ1) is 6.65. The first kappa shape index (κ1) is 11.1. The zero-order chi connectivity index (χ0) is 10.6. The Morgan fingerprint density at radius 2 is 2.50 bits per heavy atom. The average Bonchev–Trinajstić information content (AvgIpc) is 2.51. The number of hydrogen-bond acceptors (Lipinski definition) is 4. The van der Waals surface area contributed by atoms with Crippen LogP contribution in [0.5, 0.6) is 0 Å². The first-order valence-electron chi connectivity index (χ1n) is 4.28. The minimum absolute atomic E-state index is 0.376. The van der Waals surface area contributed by atoms with E-state index in [0.717, 1.165) is 10.7 Å². The van der Waals surface area contributed by atoms with Gasteiger partial charge in [-0.1, -0.05) is 0 Å². The Hall–Kier alpha value is -0.940. The molecule has 4 nitrogen and oxygen atoms in total. The van der Waals surface area contributed by atoms with Crippen molar-refractivity contribution in [3.8, 4) is 0 Å². The van der Waals surface area contributed by atoms with E-state index in [1.54, 1.807) is 12.3 Å². The Balaban J connectivity index is 2.64. The van der Waals surface area contributed by atoms with E-state index in [1.165, 1.54) is 11.8 Å². The van der Waals surface area contributed by atoms with Gasteiger partial charge in [0.15, 0.2) is 0 Å². The van der Waals surface area contributed by atoms with Crippen LogP contribution in [0.25, 0.3) is 0 Å². The van der Waals surface area contributed by atoms with Gasteiger partial charge >= 0.3 is 5.97 Å². The van der Waals surface area contributed by atoms with Crippen LogP contribution in [0.3, 0.4) is 0 Å². The summed E-state index contributed by atoms with van der Waals surface area (Å²) in [4.78, 5) is 11.7. The molecule has 0 aliphatic carbocycles. The number of aliphatic carboxylic acids is 1. The summed E-state index contributed by atoms with van der Waals surface area (Å²) in [5.41, 5.74) is 5.33. The van der Waals surface area contributed by atoms with Gasteiger partial charge < -0.3 is 15.3 Å². The van der Waals surface area contributed by atoms with Gasteiger partial charge in [0.05, 0.1) is 6.26 Å². The number of rotatable bonds is 5. The second kappa shape index (κ2) is 5.07. The van der Waals surface area contributed by atoms with Gasteiger partial charge in [-0.25, -0.2) is 0 Å². The van der Waals surface area contributed by atoms with Crippen molar-refractivity contribution in [2.24, 2.45) is 5.73 Å². The second-order valence-electron chi connectivity index (χ2n) is 2.86. The zero-order valence-electron chi connectivity index (χ0n) is 7.90. The minimum Gasteiger partial charge on any atom is -0.480 e. The van der Waals surface area contributed by atoms with Gasteiger partial charge in [-0.3, -0.25) is 4.79 Å². The number of thioether (sulfide) groups is 1. The van der Waals surface area contributed by atoms with Crippen molar-refractivity contribution in [2.45, 2.75) is 23.5 Å². The van der Waals surface area contributed by atoms with Gasteiger partial charge in [0.1, 0.15) is 11.0 Å². The van der Waals surface area contributed by atoms with Crippen molar-refractivity contribution in [3.63, 3.8) is 0 Å². The number of carbonyl (C=O) groups is 1. The molecule has 14 heavy (non-hydrogen) atoms. The lowest BCUT2D eigenvalue weighted by molar-refractivity contribution is -0.136. The van der Waals surface area contributed by atoms with Gasteiger partial charge in [-0.05, 0) is 26.0 Å². The Bertz CT molecular complexity index is 311. The van der Waals surface area contributed by atoms with Crippen LogP contribution in [-0.2, 0) is 4.79 Å². The van der Waals surface area contributed by atoms with Crippen molar-refractivity contribution >= 4 is 17.7 Å². The first-order valence-corrected chi connectivity index (χ1v) is 5.16. The van der Waals surface area contributed by atoms with E-state index in [1.807, 2.05) is 6.92 Å². The molecule has 1 atom stereocenters. The van der Waals surface area contributed by atoms with Gasteiger partial charge in [0, 0.05) is 4.90 Å². The van der Waals surface area contributed by atoms with Crippen molar-refractivity contribution in [3.05, 3.63) is 18.1 Å². The highest BCUT2D eigenvalue weighted by atomic mass is 32.2. The largest absolute Gasteiger partial charge is 0.480 e. The maximum atomic E-state index is 10.8. The smallest absolute Gasteiger partial charge is 0.317 e. The lowest BCUT2D eigenvalue weighted by Gasteiger charge is -2.09. The third kappa shape index (κ3) is 2.78. The second-order valence-corrected chi connectivity index (χ2v) is 4.11. The lowest BCUT2D eigenvalue weighted by atomic mass is 10.3. The molecule has 3 N–H and O–H groups in total. The molecule has 0 aromatic carbocycles. The van der Waals surface area contributed by atoms with Gasteiger partial charge in [-0.2, -0.15) is 0 Å². The van der Waals surface area contributed by atoms with Crippen LogP contribution in [0.1, 0.15) is 12.2 Å². The Morgan fingerprint density at radius 3 is 2.93 bits per heavy atom. The van der Waals surface area contributed by atoms with E-state index in [4.69, 9.17) is 15.3 Å². The minimum atomic E-state index is -0.832. The predicted molar refractivity (Wildman–Crippen MR) is 54.4 cm³/mol. The molecule has 0 saturated heterocycles. The molecule has 0 spiro atoms. The normalized spacial score (nSPS) is 12.7. The van der Waals surface area contributed by atoms with Crippen molar-refractivity contribution in [1.29, 1.82) is 0 Å². The SMILES string of the molecule is Cc1occc1SC(CCN)C(=O)O. The van der Waals surface area contributed by atoms with Crippen LogP contribution in [0.2, 0.25) is 0 Å². The van der Waals surface area contributed by atoms with E-state index in [2.05, 4.69) is 0 Å². The fourth-order valence-corrected chi connectivity index (χ4v) is 2.04. The predicted octanol–water partition coefficient (Wildman–Crippen LogP) is 1.48. The van der Waals surface area contributed by atoms with Crippen LogP contribution in [0.4, 0.5) is 0 Å². The molecule has 0 saturated carbocycles. The maximum Gasteiger partial charge on any atom is 0.317 e. The molecule has 1 heterocycles. The number of carboxylic acids is 1. The number of aryl methyl sites for hydroxylation is 1. The molecular weight excluding hydrogens is 202 g/mol. The Kier molecular flexibility index (Phi) is 4.03. The molecule has 1 aromatic heterocycles. The molecule has 1 unspecified atom stereocenters. The molecule has 0 fully saturated rings. The summed E-state index contributed by atoms with van der Waals surface area (Å²) in [6.45, 7) is 2.19. The van der Waals surface area contributed by atoms with Gasteiger partial charge in [0.25, 0.3) is 0 Å². The number of nitrogens with two attached hydrogens (primary N) is 1. The van der Waals surface area contributed by atoms with Crippen molar-refractivity contribution < 1.29 is 14.3 Å². The average molecular weight is 215 g/mol. The van der Waals surface area contributed by atoms with Crippen LogP contribution < -0.4 is 5.73 Å². The van der Waals surface area contributed by atoms with E-state index in [9.17, 15) is 4.79 Å². The summed E-state index contributed by atoms with van der Waals surface area (Å²) in [6, 6.07) is 1.77. The molecule has 78 valence electrons. The number of furan rings is 1. The molecule has 0 aliphatic rings. The van der Waals surface area contributed by atoms with E-state index in [0.29, 0.717) is 13.0 Å². The molecule has 0 amide bonds. The maximum absolute atomic E-state index is 10.8. The Labute approximate surface area is 86.5 Å². The molecule has 0 aliphatic heterocycles. The van der Waals surface area contributed by atoms with Crippen LogP contribution in [0, 0.1) is 6.92 Å². The quantitative estimate of drug-likeness (QED) is 0.727. The summed E-state index contributed by atoms with van der Waals surface area (Å²) in [7, 11) is 0. The number of carboxylic acid groups (broad SMARTS) is 1. The lowest BCUT2D eigenvalue weighted by Crippen LogP contribution is -2.20. The summed E-state index contributed by atoms with van der Waals surface area (Å²) >= 11 is 1.28. The Morgan fingerprint density at radius 1 is 1.79 bits per heavy atom. The number of hydrogen-bond donors (Lipinski definition) is 2. The molecule has 0 bridgehead atoms. The topological polar surface area (TPSA) is 76.5 Å². The summed E-state index contributed by atoms with van der Waals surface area (Å²) in [5, 5.41) is 8.40. The summed E-state index contributed by atoms with van der Waals surface area (Å²) in [6.07, 6.45) is 2.02. The highest BCUT2D eigenvalue weighted by Crippen LogP contribution is 2.28. The van der Waals surface area contributed by atoms with E-state index < -0.39 is 11.2 Å². The fourth-order valence-electron chi connectivity index (χ4n) is 1.03. The third-order valence-electron chi connectivity index (χ3n) is 1.78. The van der Waals surface area contributed by atoms with Gasteiger partial charge in [0.2, 0.25) is 0 Å². The highest BCUT2D eigenvalue weighted by Gasteiger charge is 2.19. The van der Waals surface area contributed by atoms with Crippen LogP contribution in [-0.4, -0.2) is 22.9 Å². The molecule has 1 rings (SSSR count). The zero-order valence-corrected chi connectivity index (χ0v) is 8.71. The monoisotopic (exact) mass is 215 g/mol. The molecule has 5 heteroatoms. The fraction of sp³-hybridized carbons (Fsp3) is 0.444.